The van der Waals surface area contributed by atoms with Crippen LogP contribution in [0, 0.1) is 5.92 Å². The fourth-order valence-corrected chi connectivity index (χ4v) is 1.64. The Morgan fingerprint density at radius 3 is 2.63 bits per heavy atom. The number of carbonyl (C=O) groups is 2. The molecule has 0 bridgehead atoms. The van der Waals surface area contributed by atoms with E-state index in [0.29, 0.717) is 19.3 Å². The van der Waals surface area contributed by atoms with Gasteiger partial charge in [-0.3, -0.25) is 14.1 Å². The first-order valence-electron chi connectivity index (χ1n) is 6.61. The van der Waals surface area contributed by atoms with Gasteiger partial charge in [-0.05, 0) is 12.8 Å². The van der Waals surface area contributed by atoms with Gasteiger partial charge in [-0.15, -0.1) is 0 Å². The van der Waals surface area contributed by atoms with Crippen LogP contribution in [0.25, 0.3) is 0 Å². The maximum Gasteiger partial charge on any atom is 0.469 e. The van der Waals surface area contributed by atoms with E-state index < -0.39 is 7.82 Å². The van der Waals surface area contributed by atoms with E-state index >= 15 is 0 Å². The molecule has 0 aliphatic carbocycles. The van der Waals surface area contributed by atoms with Gasteiger partial charge in [0, 0.05) is 25.3 Å². The quantitative estimate of drug-likeness (QED) is 0.387. The number of nitrogens with one attached hydrogen (secondary N) is 1. The summed E-state index contributed by atoms with van der Waals surface area (Å²) >= 11 is 0. The normalized spacial score (nSPS) is 14.8. The van der Waals surface area contributed by atoms with E-state index in [9.17, 15) is 14.2 Å². The van der Waals surface area contributed by atoms with Crippen LogP contribution in [0.5, 0.6) is 0 Å². The van der Waals surface area contributed by atoms with Gasteiger partial charge in [0.25, 0.3) is 0 Å². The summed E-state index contributed by atoms with van der Waals surface area (Å²) in [5, 5.41) is 2.60. The summed E-state index contributed by atoms with van der Waals surface area (Å²) in [5.74, 6) is -0.0468. The molecule has 0 aromatic rings. The molecule has 0 saturated carbocycles. The Hall–Kier alpha value is -0.750. The Morgan fingerprint density at radius 2 is 2.05 bits per heavy atom. The Morgan fingerprint density at radius 1 is 1.37 bits per heavy atom. The minimum Gasteiger partial charge on any atom is -0.356 e. The van der Waals surface area contributed by atoms with E-state index in [1.807, 2.05) is 13.8 Å². The summed E-state index contributed by atoms with van der Waals surface area (Å²) in [6.45, 7) is 3.83. The van der Waals surface area contributed by atoms with Crippen molar-refractivity contribution in [3.63, 3.8) is 0 Å². The van der Waals surface area contributed by atoms with Crippen molar-refractivity contribution in [3.05, 3.63) is 0 Å². The predicted molar refractivity (Wildman–Crippen MR) is 69.3 cm³/mol. The van der Waals surface area contributed by atoms with Crippen LogP contribution in [0.1, 0.15) is 39.5 Å². The smallest absolute Gasteiger partial charge is 0.356 e. The topological polar surface area (TPSA) is 113 Å². The van der Waals surface area contributed by atoms with Crippen LogP contribution in [0.3, 0.4) is 0 Å². The molecule has 7 nitrogen and oxygen atoms in total. The number of rotatable bonds is 11. The summed E-state index contributed by atoms with van der Waals surface area (Å²) in [6, 6.07) is 0. The Kier molecular flexibility index (Phi) is 7.90. The van der Waals surface area contributed by atoms with Gasteiger partial charge >= 0.3 is 7.82 Å². The van der Waals surface area contributed by atoms with Crippen molar-refractivity contribution in [2.75, 3.05) is 13.2 Å². The van der Waals surface area contributed by atoms with Crippen LogP contribution in [0.4, 0.5) is 0 Å². The van der Waals surface area contributed by atoms with Crippen molar-refractivity contribution in [2.45, 2.75) is 39.5 Å². The molecule has 0 aliphatic heterocycles. The molecule has 0 saturated heterocycles. The molecule has 1 unspecified atom stereocenters. The molecule has 0 spiro atoms. The van der Waals surface area contributed by atoms with Crippen LogP contribution in [0.2, 0.25) is 0 Å². The van der Waals surface area contributed by atoms with Gasteiger partial charge < -0.3 is 15.1 Å². The van der Waals surface area contributed by atoms with E-state index in [1.165, 1.54) is 0 Å². The summed E-state index contributed by atoms with van der Waals surface area (Å²) in [4.78, 5) is 34.9. The van der Waals surface area contributed by atoms with Crippen molar-refractivity contribution in [1.29, 1.82) is 1.43 Å². The first-order chi connectivity index (χ1) is 9.28. The highest BCUT2D eigenvalue weighted by Crippen LogP contribution is 2.35. The van der Waals surface area contributed by atoms with Crippen molar-refractivity contribution in [1.82, 2.24) is 5.32 Å². The van der Waals surface area contributed by atoms with Crippen LogP contribution in [-0.2, 0) is 18.7 Å². The Balaban J connectivity index is 3.55. The molecule has 0 heterocycles. The standard InChI is InChI=1S/C11H22NO6P/c1-9(2)10(13)5-3-6-11(14)12-7-4-8-18-19(15,16)17/h9H,3-8H2,1-2H3,(H,12,14)(H2,15,16,17)/i/hT. The van der Waals surface area contributed by atoms with Crippen LogP contribution in [-0.4, -0.2) is 36.1 Å². The largest absolute Gasteiger partial charge is 0.469 e. The van der Waals surface area contributed by atoms with Gasteiger partial charge in [-0.25, -0.2) is 4.57 Å². The van der Waals surface area contributed by atoms with Crippen LogP contribution >= 0.6 is 7.82 Å². The van der Waals surface area contributed by atoms with E-state index in [1.54, 1.807) is 0 Å². The molecule has 0 rings (SSSR count). The van der Waals surface area contributed by atoms with Gasteiger partial charge in [-0.1, -0.05) is 13.8 Å². The lowest BCUT2D eigenvalue weighted by Crippen LogP contribution is -2.25. The maximum absolute atomic E-state index is 11.4. The van der Waals surface area contributed by atoms with Crippen molar-refractivity contribution in [3.8, 4) is 0 Å². The molecule has 1 amide bonds. The van der Waals surface area contributed by atoms with Crippen LogP contribution < -0.4 is 5.32 Å². The molecular formula is C11H22NO6P. The summed E-state index contributed by atoms with van der Waals surface area (Å²) < 4.78 is 21.4. The van der Waals surface area contributed by atoms with Gasteiger partial charge in [-0.2, -0.15) is 0 Å². The minimum absolute atomic E-state index is 0.0105. The van der Waals surface area contributed by atoms with E-state index in [2.05, 4.69) is 14.7 Å². The molecule has 112 valence electrons. The monoisotopic (exact) mass is 297 g/mol. The number of ketones is 1. The molecule has 0 aromatic heterocycles. The van der Waals surface area contributed by atoms with Crippen molar-refractivity contribution in [2.24, 2.45) is 5.92 Å². The zero-order chi connectivity index (χ0) is 15.6. The first-order valence-corrected chi connectivity index (χ1v) is 7.69. The van der Waals surface area contributed by atoms with Crippen molar-refractivity contribution < 1.29 is 28.5 Å². The minimum atomic E-state index is -4.26. The summed E-state index contributed by atoms with van der Waals surface area (Å²) in [6.07, 6.45) is 1.50. The van der Waals surface area contributed by atoms with E-state index in [0.717, 1.165) is 0 Å². The number of phosphoric ester groups is 1. The molecule has 19 heavy (non-hydrogen) atoms. The Bertz CT molecular complexity index is 363. The molecule has 0 aliphatic rings. The SMILES string of the molecule is [3H]OP(=O)(O)OCCCNC(=O)CCCC(=O)C(C)C. The predicted octanol–water partition coefficient (Wildman–Crippen LogP) is 0.997. The maximum atomic E-state index is 11.4. The second-order valence-corrected chi connectivity index (χ2v) is 5.68. The third-order valence-electron chi connectivity index (χ3n) is 2.37. The number of carbonyl (C=O) groups excluding carboxylic acids is 2. The number of hydrogen-bond donors (Lipinski definition) is 3. The number of amides is 1. The first kappa shape index (κ1) is 16.3. The van der Waals surface area contributed by atoms with E-state index in [-0.39, 0.29) is 37.2 Å². The highest BCUT2D eigenvalue weighted by Gasteiger charge is 2.12. The lowest BCUT2D eigenvalue weighted by Gasteiger charge is -2.07. The fourth-order valence-electron chi connectivity index (χ4n) is 1.28. The third-order valence-corrected chi connectivity index (χ3v) is 2.88. The molecule has 1 atom stereocenters. The lowest BCUT2D eigenvalue weighted by atomic mass is 10.0. The average molecular weight is 297 g/mol. The second kappa shape index (κ2) is 9.20. The highest BCUT2D eigenvalue weighted by atomic mass is 31.2. The Labute approximate surface area is 114 Å². The highest BCUT2D eigenvalue weighted by molar-refractivity contribution is 7.46. The molecule has 3 N–H and O–H groups in total. The number of Topliss-reactive ketones (excluding diaryl/α,β-unsaturated/α-hetero) is 1. The van der Waals surface area contributed by atoms with Gasteiger partial charge in [0.1, 0.15) is 5.78 Å². The lowest BCUT2D eigenvalue weighted by molar-refractivity contribution is -0.122. The van der Waals surface area contributed by atoms with Gasteiger partial charge in [0.15, 0.2) is 0 Å². The van der Waals surface area contributed by atoms with Crippen LogP contribution in [0.15, 0.2) is 0 Å². The van der Waals surface area contributed by atoms with E-state index in [4.69, 9.17) is 6.32 Å². The summed E-state index contributed by atoms with van der Waals surface area (Å²) in [5.41, 5.74) is 0. The zero-order valence-electron chi connectivity index (χ0n) is 12.3. The number of phosphoric acid groups is 1. The molecule has 0 radical (unpaired) electrons. The second-order valence-electron chi connectivity index (χ2n) is 4.48. The number of hydrogen-bond acceptors (Lipinski definition) is 5. The van der Waals surface area contributed by atoms with Gasteiger partial charge in [0.2, 0.25) is 7.34 Å². The fraction of sp³-hybridized carbons (Fsp3) is 0.818. The molecule has 8 heteroatoms. The zero-order valence-corrected chi connectivity index (χ0v) is 12.2. The van der Waals surface area contributed by atoms with Gasteiger partial charge in [0.05, 0.1) is 6.61 Å². The third kappa shape index (κ3) is 12.0. The average Bonchev–Trinajstić information content (AvgIpc) is 2.38. The molecular weight excluding hydrogens is 273 g/mol. The van der Waals surface area contributed by atoms with Crippen molar-refractivity contribution >= 4 is 19.5 Å². The molecule has 0 fully saturated rings. The summed E-state index contributed by atoms with van der Waals surface area (Å²) in [7, 11) is -4.26. The molecule has 0 aromatic carbocycles.